The fourth-order valence-electron chi connectivity index (χ4n) is 2.84. The summed E-state index contributed by atoms with van der Waals surface area (Å²) in [7, 11) is 0. The van der Waals surface area contributed by atoms with E-state index < -0.39 is 0 Å². The summed E-state index contributed by atoms with van der Waals surface area (Å²) in [5, 5.41) is 8.88. The van der Waals surface area contributed by atoms with E-state index in [1.807, 2.05) is 0 Å². The summed E-state index contributed by atoms with van der Waals surface area (Å²) in [4.78, 5) is 2.60. The Balaban J connectivity index is 1.85. The molecule has 0 spiro atoms. The first kappa shape index (κ1) is 9.02. The number of rotatable bonds is 3. The van der Waals surface area contributed by atoms with Gasteiger partial charge in [0.05, 0.1) is 12.0 Å². The molecule has 3 unspecified atom stereocenters. The third-order valence-corrected chi connectivity index (χ3v) is 3.62. The molecule has 2 rings (SSSR count). The molecular formula is C11H18N2. The smallest absolute Gasteiger partial charge is 0.0659 e. The van der Waals surface area contributed by atoms with Crippen LogP contribution in [-0.4, -0.2) is 24.0 Å². The number of fused-ring (bicyclic) bond motifs is 2. The number of likely N-dealkylation sites (tertiary alicyclic amines) is 1. The first-order chi connectivity index (χ1) is 6.35. The molecule has 13 heavy (non-hydrogen) atoms. The van der Waals surface area contributed by atoms with Crippen molar-refractivity contribution in [1.29, 1.82) is 5.26 Å². The van der Waals surface area contributed by atoms with Crippen LogP contribution in [0.4, 0.5) is 0 Å². The second-order valence-corrected chi connectivity index (χ2v) is 4.47. The zero-order chi connectivity index (χ0) is 9.26. The Morgan fingerprint density at radius 1 is 1.46 bits per heavy atom. The van der Waals surface area contributed by atoms with Crippen LogP contribution in [-0.2, 0) is 0 Å². The number of piperidine rings is 1. The molecule has 2 fully saturated rings. The Morgan fingerprint density at radius 2 is 2.31 bits per heavy atom. The Hall–Kier alpha value is -0.550. The zero-order valence-corrected chi connectivity index (χ0v) is 8.37. The van der Waals surface area contributed by atoms with Crippen molar-refractivity contribution >= 4 is 0 Å². The van der Waals surface area contributed by atoms with Crippen molar-refractivity contribution in [3.63, 3.8) is 0 Å². The van der Waals surface area contributed by atoms with E-state index in [0.717, 1.165) is 12.5 Å². The van der Waals surface area contributed by atoms with Crippen molar-refractivity contribution in [1.82, 2.24) is 4.90 Å². The van der Waals surface area contributed by atoms with Gasteiger partial charge in [0, 0.05) is 12.6 Å². The highest BCUT2D eigenvalue weighted by molar-refractivity contribution is 5.04. The number of hydrogen-bond acceptors (Lipinski definition) is 2. The van der Waals surface area contributed by atoms with Crippen LogP contribution in [0, 0.1) is 23.2 Å². The van der Waals surface area contributed by atoms with Crippen molar-refractivity contribution in [2.45, 2.75) is 38.6 Å². The predicted octanol–water partition coefficient (Wildman–Crippen LogP) is 2.02. The van der Waals surface area contributed by atoms with E-state index >= 15 is 0 Å². The van der Waals surface area contributed by atoms with E-state index in [1.165, 1.54) is 32.4 Å². The second-order valence-electron chi connectivity index (χ2n) is 4.47. The SMILES string of the molecule is CCCCN1CC2CC1CC2C#N. The van der Waals surface area contributed by atoms with Crippen LogP contribution in [0.3, 0.4) is 0 Å². The van der Waals surface area contributed by atoms with Gasteiger partial charge in [-0.3, -0.25) is 0 Å². The van der Waals surface area contributed by atoms with E-state index in [4.69, 9.17) is 5.26 Å². The van der Waals surface area contributed by atoms with Crippen molar-refractivity contribution in [3.05, 3.63) is 0 Å². The largest absolute Gasteiger partial charge is 0.300 e. The summed E-state index contributed by atoms with van der Waals surface area (Å²) < 4.78 is 0. The Labute approximate surface area is 80.5 Å². The minimum absolute atomic E-state index is 0.378. The molecule has 0 aromatic rings. The molecule has 1 aliphatic carbocycles. The predicted molar refractivity (Wildman–Crippen MR) is 52.1 cm³/mol. The van der Waals surface area contributed by atoms with Gasteiger partial charge in [-0.05, 0) is 31.7 Å². The minimum Gasteiger partial charge on any atom is -0.300 e. The lowest BCUT2D eigenvalue weighted by Gasteiger charge is -2.28. The van der Waals surface area contributed by atoms with E-state index in [2.05, 4.69) is 17.9 Å². The monoisotopic (exact) mass is 178 g/mol. The third kappa shape index (κ3) is 1.58. The van der Waals surface area contributed by atoms with Crippen LogP contribution in [0.15, 0.2) is 0 Å². The molecule has 0 radical (unpaired) electrons. The Bertz CT molecular complexity index is 219. The number of nitrogens with zero attached hydrogens (tertiary/aromatic N) is 2. The molecule has 0 aromatic heterocycles. The van der Waals surface area contributed by atoms with Gasteiger partial charge in [-0.25, -0.2) is 0 Å². The van der Waals surface area contributed by atoms with Crippen molar-refractivity contribution in [2.75, 3.05) is 13.1 Å². The van der Waals surface area contributed by atoms with Crippen LogP contribution in [0.25, 0.3) is 0 Å². The topological polar surface area (TPSA) is 27.0 Å². The zero-order valence-electron chi connectivity index (χ0n) is 8.37. The molecule has 0 amide bonds. The lowest BCUT2D eigenvalue weighted by molar-refractivity contribution is 0.191. The highest BCUT2D eigenvalue weighted by atomic mass is 15.2. The first-order valence-electron chi connectivity index (χ1n) is 5.48. The van der Waals surface area contributed by atoms with Gasteiger partial charge in [0.1, 0.15) is 0 Å². The quantitative estimate of drug-likeness (QED) is 0.661. The number of hydrogen-bond donors (Lipinski definition) is 0. The summed E-state index contributed by atoms with van der Waals surface area (Å²) in [6.45, 7) is 4.70. The molecule has 1 saturated carbocycles. The van der Waals surface area contributed by atoms with Gasteiger partial charge in [-0.1, -0.05) is 13.3 Å². The van der Waals surface area contributed by atoms with Crippen LogP contribution in [0.2, 0.25) is 0 Å². The molecule has 72 valence electrons. The average Bonchev–Trinajstić information content (AvgIpc) is 2.72. The van der Waals surface area contributed by atoms with Gasteiger partial charge in [-0.2, -0.15) is 5.26 Å². The molecule has 2 nitrogen and oxygen atoms in total. The van der Waals surface area contributed by atoms with E-state index in [1.54, 1.807) is 0 Å². The molecule has 1 aliphatic heterocycles. The Morgan fingerprint density at radius 3 is 2.85 bits per heavy atom. The summed E-state index contributed by atoms with van der Waals surface area (Å²) in [6.07, 6.45) is 5.04. The molecule has 0 N–H and O–H groups in total. The van der Waals surface area contributed by atoms with Gasteiger partial charge in [0.15, 0.2) is 0 Å². The lowest BCUT2D eigenvalue weighted by atomic mass is 9.96. The summed E-state index contributed by atoms with van der Waals surface area (Å²) in [5.41, 5.74) is 0. The van der Waals surface area contributed by atoms with Gasteiger partial charge < -0.3 is 4.90 Å². The second kappa shape index (κ2) is 3.67. The fourth-order valence-corrected chi connectivity index (χ4v) is 2.84. The van der Waals surface area contributed by atoms with E-state index in [-0.39, 0.29) is 0 Å². The summed E-state index contributed by atoms with van der Waals surface area (Å²) in [6, 6.07) is 3.20. The van der Waals surface area contributed by atoms with Crippen LogP contribution in [0.1, 0.15) is 32.6 Å². The highest BCUT2D eigenvalue weighted by Crippen LogP contribution is 2.41. The van der Waals surface area contributed by atoms with Gasteiger partial charge in [0.2, 0.25) is 0 Å². The van der Waals surface area contributed by atoms with Crippen LogP contribution in [0.5, 0.6) is 0 Å². The van der Waals surface area contributed by atoms with Crippen molar-refractivity contribution in [2.24, 2.45) is 11.8 Å². The fraction of sp³-hybridized carbons (Fsp3) is 0.909. The van der Waals surface area contributed by atoms with Crippen molar-refractivity contribution < 1.29 is 0 Å². The lowest BCUT2D eigenvalue weighted by Crippen LogP contribution is -2.35. The maximum absolute atomic E-state index is 8.88. The van der Waals surface area contributed by atoms with Gasteiger partial charge in [-0.15, -0.1) is 0 Å². The van der Waals surface area contributed by atoms with E-state index in [9.17, 15) is 0 Å². The molecule has 0 aromatic carbocycles. The molecule has 2 heteroatoms. The standard InChI is InChI=1S/C11H18N2/c1-2-3-4-13-8-10-6-11(13)5-9(10)7-12/h9-11H,2-6,8H2,1H3. The molecule has 1 heterocycles. The minimum atomic E-state index is 0.378. The molecule has 2 aliphatic rings. The van der Waals surface area contributed by atoms with Gasteiger partial charge in [0.25, 0.3) is 0 Å². The summed E-state index contributed by atoms with van der Waals surface area (Å²) >= 11 is 0. The Kier molecular flexibility index (Phi) is 2.55. The normalized spacial score (nSPS) is 38.0. The molecule has 2 bridgehead atoms. The maximum Gasteiger partial charge on any atom is 0.0659 e. The highest BCUT2D eigenvalue weighted by Gasteiger charge is 2.44. The first-order valence-corrected chi connectivity index (χ1v) is 5.48. The van der Waals surface area contributed by atoms with Crippen LogP contribution >= 0.6 is 0 Å². The molecule has 3 atom stereocenters. The number of nitriles is 1. The third-order valence-electron chi connectivity index (χ3n) is 3.62. The molecule has 1 saturated heterocycles. The average molecular weight is 178 g/mol. The van der Waals surface area contributed by atoms with Gasteiger partial charge >= 0.3 is 0 Å². The van der Waals surface area contributed by atoms with E-state index in [0.29, 0.717) is 11.8 Å². The summed E-state index contributed by atoms with van der Waals surface area (Å²) in [5.74, 6) is 1.08. The van der Waals surface area contributed by atoms with Crippen molar-refractivity contribution in [3.8, 4) is 6.07 Å². The molecular weight excluding hydrogens is 160 g/mol. The van der Waals surface area contributed by atoms with Crippen LogP contribution < -0.4 is 0 Å². The maximum atomic E-state index is 8.88. The number of unbranched alkanes of at least 4 members (excludes halogenated alkanes) is 1.